The molecule has 1 saturated heterocycles. The molecule has 2 rings (SSSR count). The van der Waals surface area contributed by atoms with Crippen molar-refractivity contribution in [2.24, 2.45) is 5.41 Å². The number of rotatable bonds is 0. The summed E-state index contributed by atoms with van der Waals surface area (Å²) >= 11 is 0. The summed E-state index contributed by atoms with van der Waals surface area (Å²) in [5.41, 5.74) is 1.15. The molecule has 2 atom stereocenters. The first-order valence-electron chi connectivity index (χ1n) is 4.41. The van der Waals surface area contributed by atoms with E-state index >= 15 is 0 Å². The number of nitrogens with one attached hydrogen (secondary N) is 1. The molecule has 1 nitrogen and oxygen atoms in total. The molecule has 58 valence electrons. The van der Waals surface area contributed by atoms with Crippen LogP contribution in [0.1, 0.15) is 39.5 Å². The highest BCUT2D eigenvalue weighted by Crippen LogP contribution is 2.49. The summed E-state index contributed by atoms with van der Waals surface area (Å²) in [6.07, 6.45) is 5.72. The summed E-state index contributed by atoms with van der Waals surface area (Å²) < 4.78 is 0. The van der Waals surface area contributed by atoms with E-state index in [1.54, 1.807) is 0 Å². The van der Waals surface area contributed by atoms with Gasteiger partial charge in [0.25, 0.3) is 0 Å². The van der Waals surface area contributed by atoms with Gasteiger partial charge in [-0.25, -0.2) is 0 Å². The van der Waals surface area contributed by atoms with E-state index in [0.717, 1.165) is 0 Å². The van der Waals surface area contributed by atoms with Crippen LogP contribution in [-0.2, 0) is 0 Å². The molecule has 10 heavy (non-hydrogen) atoms. The first-order valence-corrected chi connectivity index (χ1v) is 4.41. The van der Waals surface area contributed by atoms with Gasteiger partial charge in [0.15, 0.2) is 0 Å². The average molecular weight is 139 g/mol. The van der Waals surface area contributed by atoms with Crippen LogP contribution in [0.2, 0.25) is 0 Å². The third-order valence-electron chi connectivity index (χ3n) is 3.86. The summed E-state index contributed by atoms with van der Waals surface area (Å²) in [5, 5.41) is 3.56. The van der Waals surface area contributed by atoms with Gasteiger partial charge in [-0.1, -0.05) is 19.8 Å². The van der Waals surface area contributed by atoms with Crippen LogP contribution in [0.25, 0.3) is 0 Å². The van der Waals surface area contributed by atoms with Gasteiger partial charge >= 0.3 is 0 Å². The molecule has 0 aromatic carbocycles. The quantitative estimate of drug-likeness (QED) is 0.540. The van der Waals surface area contributed by atoms with Crippen molar-refractivity contribution in [3.63, 3.8) is 0 Å². The van der Waals surface area contributed by atoms with E-state index in [1.165, 1.54) is 32.2 Å². The van der Waals surface area contributed by atoms with Crippen LogP contribution < -0.4 is 5.32 Å². The fraction of sp³-hybridized carbons (Fsp3) is 1.00. The third-order valence-corrected chi connectivity index (χ3v) is 3.86. The molecule has 2 fully saturated rings. The minimum Gasteiger partial charge on any atom is -0.310 e. The van der Waals surface area contributed by atoms with E-state index in [1.807, 2.05) is 0 Å². The van der Waals surface area contributed by atoms with Crippen molar-refractivity contribution in [3.05, 3.63) is 0 Å². The summed E-state index contributed by atoms with van der Waals surface area (Å²) in [6.45, 7) is 6.07. The topological polar surface area (TPSA) is 12.0 Å². The Balaban J connectivity index is 2.17. The van der Waals surface area contributed by atoms with Crippen molar-refractivity contribution in [1.29, 1.82) is 0 Å². The Morgan fingerprint density at radius 3 is 2.10 bits per heavy atom. The highest BCUT2D eigenvalue weighted by atomic mass is 15.1. The van der Waals surface area contributed by atoms with Gasteiger partial charge < -0.3 is 5.32 Å². The van der Waals surface area contributed by atoms with Crippen LogP contribution in [0.15, 0.2) is 0 Å². The van der Waals surface area contributed by atoms with Crippen molar-refractivity contribution in [1.82, 2.24) is 5.32 Å². The van der Waals surface area contributed by atoms with Gasteiger partial charge in [-0.15, -0.1) is 0 Å². The molecular formula is C9H17N. The lowest BCUT2D eigenvalue weighted by Gasteiger charge is -2.60. The molecule has 1 N–H and O–H groups in total. The van der Waals surface area contributed by atoms with E-state index in [0.29, 0.717) is 11.0 Å². The Morgan fingerprint density at radius 1 is 1.10 bits per heavy atom. The summed E-state index contributed by atoms with van der Waals surface area (Å²) in [5.74, 6) is 0. The van der Waals surface area contributed by atoms with E-state index in [-0.39, 0.29) is 0 Å². The van der Waals surface area contributed by atoms with Gasteiger partial charge in [0.05, 0.1) is 0 Å². The molecule has 0 amide bonds. The first kappa shape index (κ1) is 6.66. The molecule has 1 saturated carbocycles. The predicted molar refractivity (Wildman–Crippen MR) is 43.0 cm³/mol. The molecule has 0 spiro atoms. The largest absolute Gasteiger partial charge is 0.310 e. The van der Waals surface area contributed by atoms with Gasteiger partial charge in [0, 0.05) is 12.1 Å². The van der Waals surface area contributed by atoms with Crippen LogP contribution in [0.4, 0.5) is 0 Å². The van der Waals surface area contributed by atoms with Crippen molar-refractivity contribution in [2.75, 3.05) is 6.54 Å². The van der Waals surface area contributed by atoms with Crippen LogP contribution in [0.3, 0.4) is 0 Å². The molecule has 0 bridgehead atoms. The second-order valence-electron chi connectivity index (χ2n) is 4.45. The molecule has 0 radical (unpaired) electrons. The zero-order valence-electron chi connectivity index (χ0n) is 7.04. The molecule has 1 aliphatic heterocycles. The molecule has 0 aromatic heterocycles. The molecule has 0 aromatic rings. The maximum atomic E-state index is 3.56. The van der Waals surface area contributed by atoms with E-state index in [4.69, 9.17) is 0 Å². The van der Waals surface area contributed by atoms with Crippen LogP contribution in [-0.4, -0.2) is 12.1 Å². The van der Waals surface area contributed by atoms with Crippen molar-refractivity contribution in [3.8, 4) is 0 Å². The fourth-order valence-corrected chi connectivity index (χ4v) is 2.44. The lowest BCUT2D eigenvalue weighted by Crippen LogP contribution is -2.71. The molecule has 2 aliphatic rings. The van der Waals surface area contributed by atoms with Crippen LogP contribution in [0.5, 0.6) is 0 Å². The van der Waals surface area contributed by atoms with Crippen molar-refractivity contribution >= 4 is 0 Å². The van der Waals surface area contributed by atoms with E-state index < -0.39 is 0 Å². The van der Waals surface area contributed by atoms with Gasteiger partial charge in [-0.05, 0) is 25.2 Å². The Bertz CT molecular complexity index is 137. The summed E-state index contributed by atoms with van der Waals surface area (Å²) in [6, 6.07) is 0. The van der Waals surface area contributed by atoms with Crippen molar-refractivity contribution < 1.29 is 0 Å². The summed E-state index contributed by atoms with van der Waals surface area (Å²) in [7, 11) is 0. The minimum absolute atomic E-state index is 0.505. The standard InChI is InChI=1S/C9H17N/c1-8-5-3-4-6-9(8,2)10-7-8/h10H,3-7H2,1-2H3/t8-,9-/m1/s1. The van der Waals surface area contributed by atoms with E-state index in [2.05, 4.69) is 19.2 Å². The Hall–Kier alpha value is -0.0400. The maximum Gasteiger partial charge on any atom is 0.0219 e. The second kappa shape index (κ2) is 1.76. The predicted octanol–water partition coefficient (Wildman–Crippen LogP) is 1.93. The number of hydrogen-bond acceptors (Lipinski definition) is 1. The highest BCUT2D eigenvalue weighted by Gasteiger charge is 2.52. The summed E-state index contributed by atoms with van der Waals surface area (Å²) in [4.78, 5) is 0. The van der Waals surface area contributed by atoms with Gasteiger partial charge in [-0.3, -0.25) is 0 Å². The lowest BCUT2D eigenvalue weighted by atomic mass is 9.57. The lowest BCUT2D eigenvalue weighted by molar-refractivity contribution is -0.0278. The Kier molecular flexibility index (Phi) is 1.17. The van der Waals surface area contributed by atoms with Gasteiger partial charge in [0.2, 0.25) is 0 Å². The second-order valence-corrected chi connectivity index (χ2v) is 4.45. The highest BCUT2D eigenvalue weighted by molar-refractivity contribution is 5.10. The van der Waals surface area contributed by atoms with E-state index in [9.17, 15) is 0 Å². The molecule has 0 unspecified atom stereocenters. The van der Waals surface area contributed by atoms with Crippen LogP contribution >= 0.6 is 0 Å². The molecule has 1 heteroatoms. The Labute approximate surface area is 63.2 Å². The van der Waals surface area contributed by atoms with Gasteiger partial charge in [-0.2, -0.15) is 0 Å². The number of hydrogen-bond donors (Lipinski definition) is 1. The fourth-order valence-electron chi connectivity index (χ4n) is 2.44. The minimum atomic E-state index is 0.505. The monoisotopic (exact) mass is 139 g/mol. The average Bonchev–Trinajstić information content (AvgIpc) is 1.92. The zero-order chi connectivity index (χ0) is 7.24. The molecular weight excluding hydrogens is 122 g/mol. The van der Waals surface area contributed by atoms with Crippen LogP contribution in [0, 0.1) is 5.41 Å². The Morgan fingerprint density at radius 2 is 1.80 bits per heavy atom. The normalized spacial score (nSPS) is 53.4. The smallest absolute Gasteiger partial charge is 0.0219 e. The van der Waals surface area contributed by atoms with Gasteiger partial charge in [0.1, 0.15) is 0 Å². The maximum absolute atomic E-state index is 3.56. The zero-order valence-corrected chi connectivity index (χ0v) is 7.04. The first-order chi connectivity index (χ1) is 4.66. The third kappa shape index (κ3) is 0.619. The molecule has 1 aliphatic carbocycles. The van der Waals surface area contributed by atoms with Crippen molar-refractivity contribution in [2.45, 2.75) is 45.1 Å². The molecule has 1 heterocycles. The SMILES string of the molecule is C[C@]12CCCC[C@@]1(C)NC2. The number of fused-ring (bicyclic) bond motifs is 1.